The molecule has 2 N–H and O–H groups in total. The van der Waals surface area contributed by atoms with Gasteiger partial charge in [-0.15, -0.1) is 0 Å². The molecule has 2 rings (SSSR count). The molecule has 0 aliphatic heterocycles. The van der Waals surface area contributed by atoms with Crippen molar-refractivity contribution in [2.24, 2.45) is 0 Å². The summed E-state index contributed by atoms with van der Waals surface area (Å²) in [6, 6.07) is 8.42. The van der Waals surface area contributed by atoms with Crippen molar-refractivity contribution in [1.29, 1.82) is 0 Å². The number of hydrogen-bond donors (Lipinski definition) is 2. The van der Waals surface area contributed by atoms with Crippen LogP contribution in [0.3, 0.4) is 0 Å². The summed E-state index contributed by atoms with van der Waals surface area (Å²) in [6.45, 7) is 7.22. The van der Waals surface area contributed by atoms with Gasteiger partial charge < -0.3 is 5.32 Å². The van der Waals surface area contributed by atoms with Crippen molar-refractivity contribution in [2.45, 2.75) is 32.9 Å². The monoisotopic (exact) mass is 307 g/mol. The number of H-pyrrole nitrogens is 1. The van der Waals surface area contributed by atoms with Gasteiger partial charge >= 0.3 is 0 Å². The van der Waals surface area contributed by atoms with Crippen LogP contribution in [0.1, 0.15) is 30.7 Å². The van der Waals surface area contributed by atoms with Crippen LogP contribution in [-0.2, 0) is 12.1 Å². The van der Waals surface area contributed by atoms with Crippen molar-refractivity contribution in [3.05, 3.63) is 51.8 Å². The minimum Gasteiger partial charge on any atom is -0.304 e. The quantitative estimate of drug-likeness (QED) is 0.907. The Bertz CT molecular complexity index is 514. The van der Waals surface area contributed by atoms with Crippen LogP contribution in [0.2, 0.25) is 0 Å². The summed E-state index contributed by atoms with van der Waals surface area (Å²) >= 11 is 3.46. The summed E-state index contributed by atoms with van der Waals surface area (Å²) < 4.78 is 1.10. The van der Waals surface area contributed by atoms with E-state index in [9.17, 15) is 0 Å². The SMILES string of the molecule is Cc1[nH]ncc1CNC(C)(C)c1ccc(Br)cc1. The van der Waals surface area contributed by atoms with Crippen molar-refractivity contribution in [1.82, 2.24) is 15.5 Å². The maximum absolute atomic E-state index is 4.04. The molecule has 0 spiro atoms. The second-order valence-electron chi connectivity index (χ2n) is 5.01. The summed E-state index contributed by atoms with van der Waals surface area (Å²) in [5.74, 6) is 0. The second kappa shape index (κ2) is 5.24. The average molecular weight is 308 g/mol. The molecule has 3 nitrogen and oxygen atoms in total. The first kappa shape index (κ1) is 13.3. The Morgan fingerprint density at radius 2 is 1.94 bits per heavy atom. The molecule has 1 aromatic carbocycles. The molecule has 2 aromatic rings. The third kappa shape index (κ3) is 3.00. The highest BCUT2D eigenvalue weighted by atomic mass is 79.9. The van der Waals surface area contributed by atoms with Crippen LogP contribution in [0.4, 0.5) is 0 Å². The molecule has 4 heteroatoms. The van der Waals surface area contributed by atoms with E-state index in [0.29, 0.717) is 0 Å². The van der Waals surface area contributed by atoms with Gasteiger partial charge in [0, 0.05) is 27.8 Å². The molecular weight excluding hydrogens is 290 g/mol. The number of hydrogen-bond acceptors (Lipinski definition) is 2. The van der Waals surface area contributed by atoms with E-state index >= 15 is 0 Å². The number of nitrogens with one attached hydrogen (secondary N) is 2. The summed E-state index contributed by atoms with van der Waals surface area (Å²) in [5.41, 5.74) is 3.53. The molecule has 0 amide bonds. The van der Waals surface area contributed by atoms with E-state index in [1.165, 1.54) is 11.1 Å². The van der Waals surface area contributed by atoms with Crippen LogP contribution in [-0.4, -0.2) is 10.2 Å². The van der Waals surface area contributed by atoms with Gasteiger partial charge in [-0.25, -0.2) is 0 Å². The molecule has 0 aliphatic carbocycles. The predicted octanol–water partition coefficient (Wildman–Crippen LogP) is 3.51. The Hall–Kier alpha value is -1.13. The molecule has 18 heavy (non-hydrogen) atoms. The Morgan fingerprint density at radius 1 is 1.28 bits per heavy atom. The van der Waals surface area contributed by atoms with Crippen molar-refractivity contribution in [3.63, 3.8) is 0 Å². The van der Waals surface area contributed by atoms with Gasteiger partial charge in [-0.3, -0.25) is 5.10 Å². The van der Waals surface area contributed by atoms with Gasteiger partial charge in [0.05, 0.1) is 6.20 Å². The highest BCUT2D eigenvalue weighted by Gasteiger charge is 2.19. The topological polar surface area (TPSA) is 40.7 Å². The van der Waals surface area contributed by atoms with Gasteiger partial charge in [0.1, 0.15) is 0 Å². The standard InChI is InChI=1S/C14H18BrN3/c1-10-11(9-17-18-10)8-16-14(2,3)12-4-6-13(15)7-5-12/h4-7,9,16H,8H2,1-3H3,(H,17,18). The maximum atomic E-state index is 4.04. The lowest BCUT2D eigenvalue weighted by Gasteiger charge is -2.27. The fourth-order valence-electron chi connectivity index (χ4n) is 1.84. The molecule has 1 heterocycles. The first-order valence-corrected chi connectivity index (χ1v) is 6.78. The zero-order valence-electron chi connectivity index (χ0n) is 10.9. The second-order valence-corrected chi connectivity index (χ2v) is 5.92. The summed E-state index contributed by atoms with van der Waals surface area (Å²) in [6.07, 6.45) is 1.87. The van der Waals surface area contributed by atoms with Crippen LogP contribution < -0.4 is 5.32 Å². The highest BCUT2D eigenvalue weighted by Crippen LogP contribution is 2.22. The zero-order chi connectivity index (χ0) is 13.2. The van der Waals surface area contributed by atoms with Crippen LogP contribution in [0.15, 0.2) is 34.9 Å². The Morgan fingerprint density at radius 3 is 2.50 bits per heavy atom. The Balaban J connectivity index is 2.07. The molecule has 0 bridgehead atoms. The maximum Gasteiger partial charge on any atom is 0.0535 e. The molecule has 0 fully saturated rings. The van der Waals surface area contributed by atoms with E-state index in [1.807, 2.05) is 13.1 Å². The van der Waals surface area contributed by atoms with Gasteiger partial charge in [0.2, 0.25) is 0 Å². The van der Waals surface area contributed by atoms with E-state index in [0.717, 1.165) is 16.7 Å². The van der Waals surface area contributed by atoms with E-state index in [4.69, 9.17) is 0 Å². The molecular formula is C14H18BrN3. The van der Waals surface area contributed by atoms with Crippen molar-refractivity contribution in [2.75, 3.05) is 0 Å². The summed E-state index contributed by atoms with van der Waals surface area (Å²) in [7, 11) is 0. The lowest BCUT2D eigenvalue weighted by molar-refractivity contribution is 0.401. The highest BCUT2D eigenvalue weighted by molar-refractivity contribution is 9.10. The van der Waals surface area contributed by atoms with Gasteiger partial charge in [0.15, 0.2) is 0 Å². The Labute approximate surface area is 116 Å². The normalized spacial score (nSPS) is 11.8. The molecule has 0 saturated carbocycles. The number of halogens is 1. The Kier molecular flexibility index (Phi) is 3.88. The molecule has 0 aliphatic rings. The van der Waals surface area contributed by atoms with Gasteiger partial charge in [0.25, 0.3) is 0 Å². The van der Waals surface area contributed by atoms with E-state index in [-0.39, 0.29) is 5.54 Å². The summed E-state index contributed by atoms with van der Waals surface area (Å²) in [4.78, 5) is 0. The number of aromatic nitrogens is 2. The lowest BCUT2D eigenvalue weighted by Crippen LogP contribution is -2.35. The smallest absolute Gasteiger partial charge is 0.0535 e. The lowest BCUT2D eigenvalue weighted by atomic mass is 9.94. The van der Waals surface area contributed by atoms with E-state index < -0.39 is 0 Å². The fraction of sp³-hybridized carbons (Fsp3) is 0.357. The number of benzene rings is 1. The van der Waals surface area contributed by atoms with Crippen molar-refractivity contribution in [3.8, 4) is 0 Å². The van der Waals surface area contributed by atoms with E-state index in [1.54, 1.807) is 0 Å². The van der Waals surface area contributed by atoms with Crippen LogP contribution in [0.25, 0.3) is 0 Å². The van der Waals surface area contributed by atoms with Crippen LogP contribution in [0.5, 0.6) is 0 Å². The van der Waals surface area contributed by atoms with Crippen molar-refractivity contribution < 1.29 is 0 Å². The van der Waals surface area contributed by atoms with Gasteiger partial charge in [-0.2, -0.15) is 5.10 Å². The predicted molar refractivity (Wildman–Crippen MR) is 77.3 cm³/mol. The minimum atomic E-state index is -0.0651. The molecule has 1 aromatic heterocycles. The van der Waals surface area contributed by atoms with Gasteiger partial charge in [-0.05, 0) is 38.5 Å². The molecule has 0 unspecified atom stereocenters. The first-order chi connectivity index (χ1) is 8.49. The molecule has 96 valence electrons. The number of aryl methyl sites for hydroxylation is 1. The first-order valence-electron chi connectivity index (χ1n) is 5.99. The van der Waals surface area contributed by atoms with Crippen molar-refractivity contribution >= 4 is 15.9 Å². The number of rotatable bonds is 4. The average Bonchev–Trinajstić information content (AvgIpc) is 2.73. The zero-order valence-corrected chi connectivity index (χ0v) is 12.5. The van der Waals surface area contributed by atoms with Crippen LogP contribution in [0, 0.1) is 6.92 Å². The largest absolute Gasteiger partial charge is 0.304 e. The number of aromatic amines is 1. The third-order valence-electron chi connectivity index (χ3n) is 3.22. The van der Waals surface area contributed by atoms with E-state index in [2.05, 4.69) is 69.6 Å². The molecule has 0 saturated heterocycles. The van der Waals surface area contributed by atoms with Crippen LogP contribution >= 0.6 is 15.9 Å². The third-order valence-corrected chi connectivity index (χ3v) is 3.75. The van der Waals surface area contributed by atoms with Gasteiger partial charge in [-0.1, -0.05) is 28.1 Å². The number of nitrogens with zero attached hydrogens (tertiary/aromatic N) is 1. The summed E-state index contributed by atoms with van der Waals surface area (Å²) in [5, 5.41) is 10.6. The minimum absolute atomic E-state index is 0.0651. The molecule has 0 radical (unpaired) electrons. The molecule has 0 atom stereocenters. The fourth-order valence-corrected chi connectivity index (χ4v) is 2.10.